The van der Waals surface area contributed by atoms with Gasteiger partial charge in [-0.25, -0.2) is 0 Å². The van der Waals surface area contributed by atoms with Crippen molar-refractivity contribution in [3.8, 4) is 5.75 Å². The number of rotatable bonds is 7. The average Bonchev–Trinajstić information content (AvgIpc) is 2.83. The van der Waals surface area contributed by atoms with Crippen molar-refractivity contribution in [1.29, 1.82) is 0 Å². The smallest absolute Gasteiger partial charge is 0.138 e. The van der Waals surface area contributed by atoms with Crippen LogP contribution in [0.3, 0.4) is 0 Å². The molecule has 0 aromatic heterocycles. The van der Waals surface area contributed by atoms with Gasteiger partial charge in [0.15, 0.2) is 0 Å². The highest BCUT2D eigenvalue weighted by Crippen LogP contribution is 2.34. The van der Waals surface area contributed by atoms with Crippen LogP contribution in [0.4, 0.5) is 0 Å². The molecule has 0 unspecified atom stereocenters. The molecule has 1 heterocycles. The Morgan fingerprint density at radius 1 is 1.06 bits per heavy atom. The third kappa shape index (κ3) is 5.04. The van der Waals surface area contributed by atoms with E-state index in [1.54, 1.807) is 7.11 Å². The summed E-state index contributed by atoms with van der Waals surface area (Å²) in [7, 11) is 1.61. The molecule has 0 bridgehead atoms. The molecule has 164 valence electrons. The average molecular weight is 440 g/mol. The standard InChI is InChI=1S/C26H30ClNO3/c1-18(28-14-12-22(13-15-28)31-17-19-6-4-3-5-7-19)26(29)21-8-10-23-20(16-21)9-11-24(30-2)25(23)27/h3-11,16,18,22,26,29H,12-15,17H2,1-2H3/t18-,26-/m0/s1. The van der Waals surface area contributed by atoms with E-state index in [0.717, 1.165) is 42.3 Å². The largest absolute Gasteiger partial charge is 0.495 e. The Bertz CT molecular complexity index is 1000. The summed E-state index contributed by atoms with van der Waals surface area (Å²) in [6, 6.07) is 20.1. The minimum absolute atomic E-state index is 0.0289. The Labute approximate surface area is 189 Å². The van der Waals surface area contributed by atoms with Crippen molar-refractivity contribution in [3.63, 3.8) is 0 Å². The van der Waals surface area contributed by atoms with Crippen LogP contribution in [0.2, 0.25) is 5.02 Å². The number of hydrogen-bond donors (Lipinski definition) is 1. The first-order chi connectivity index (χ1) is 15.1. The lowest BCUT2D eigenvalue weighted by molar-refractivity contribution is -0.0269. The molecule has 0 saturated carbocycles. The molecule has 2 atom stereocenters. The zero-order chi connectivity index (χ0) is 21.8. The van der Waals surface area contributed by atoms with Crippen LogP contribution in [0.25, 0.3) is 10.8 Å². The fourth-order valence-electron chi connectivity index (χ4n) is 4.35. The van der Waals surface area contributed by atoms with E-state index in [1.807, 2.05) is 48.5 Å². The molecular weight excluding hydrogens is 410 g/mol. The van der Waals surface area contributed by atoms with Gasteiger partial charge in [-0.1, -0.05) is 60.1 Å². The monoisotopic (exact) mass is 439 g/mol. The minimum atomic E-state index is -0.563. The van der Waals surface area contributed by atoms with Crippen LogP contribution in [0.1, 0.15) is 37.0 Å². The SMILES string of the molecule is COc1ccc2cc([C@@H](O)[C@H](C)N3CCC(OCc4ccccc4)CC3)ccc2c1Cl. The van der Waals surface area contributed by atoms with Gasteiger partial charge in [-0.2, -0.15) is 0 Å². The second-order valence-corrected chi connectivity index (χ2v) is 8.66. The summed E-state index contributed by atoms with van der Waals surface area (Å²) in [6.45, 7) is 4.61. The molecule has 3 aromatic carbocycles. The number of fused-ring (bicyclic) bond motifs is 1. The van der Waals surface area contributed by atoms with Crippen LogP contribution in [0.15, 0.2) is 60.7 Å². The Hall–Kier alpha value is -2.11. The number of likely N-dealkylation sites (tertiary alicyclic amines) is 1. The summed E-state index contributed by atoms with van der Waals surface area (Å²) in [5, 5.41) is 13.6. The van der Waals surface area contributed by atoms with E-state index in [2.05, 4.69) is 24.0 Å². The summed E-state index contributed by atoms with van der Waals surface area (Å²) in [4.78, 5) is 2.36. The van der Waals surface area contributed by atoms with Crippen molar-refractivity contribution in [2.45, 2.75) is 44.6 Å². The van der Waals surface area contributed by atoms with Crippen LogP contribution in [0.5, 0.6) is 5.75 Å². The molecule has 3 aromatic rings. The van der Waals surface area contributed by atoms with Crippen LogP contribution in [0, 0.1) is 0 Å². The van der Waals surface area contributed by atoms with Gasteiger partial charge in [0.05, 0.1) is 30.9 Å². The molecule has 5 heteroatoms. The molecule has 1 saturated heterocycles. The predicted molar refractivity (Wildman–Crippen MR) is 126 cm³/mol. The molecule has 0 amide bonds. The third-order valence-corrected chi connectivity index (χ3v) is 6.73. The molecule has 0 spiro atoms. The maximum Gasteiger partial charge on any atom is 0.138 e. The number of benzene rings is 3. The first kappa shape index (κ1) is 22.1. The van der Waals surface area contributed by atoms with Crippen molar-refractivity contribution in [3.05, 3.63) is 76.8 Å². The molecule has 1 fully saturated rings. The summed E-state index contributed by atoms with van der Waals surface area (Å²) >= 11 is 6.43. The van der Waals surface area contributed by atoms with E-state index in [9.17, 15) is 5.11 Å². The normalized spacial score (nSPS) is 17.5. The fraction of sp³-hybridized carbons (Fsp3) is 0.385. The van der Waals surface area contributed by atoms with Gasteiger partial charge in [0.2, 0.25) is 0 Å². The lowest BCUT2D eigenvalue weighted by Gasteiger charge is -2.38. The summed E-state index contributed by atoms with van der Waals surface area (Å²) in [6.07, 6.45) is 1.68. The van der Waals surface area contributed by atoms with Gasteiger partial charge in [-0.15, -0.1) is 0 Å². The molecule has 4 nitrogen and oxygen atoms in total. The molecule has 1 aliphatic heterocycles. The van der Waals surface area contributed by atoms with E-state index >= 15 is 0 Å². The fourth-order valence-corrected chi connectivity index (χ4v) is 4.66. The second kappa shape index (κ2) is 10.0. The van der Waals surface area contributed by atoms with Crippen molar-refractivity contribution >= 4 is 22.4 Å². The van der Waals surface area contributed by atoms with Crippen molar-refractivity contribution in [2.75, 3.05) is 20.2 Å². The highest BCUT2D eigenvalue weighted by Gasteiger charge is 2.28. The molecule has 0 aliphatic carbocycles. The number of halogens is 1. The van der Waals surface area contributed by atoms with Gasteiger partial charge in [-0.05, 0) is 48.4 Å². The maximum atomic E-state index is 11.1. The van der Waals surface area contributed by atoms with Gasteiger partial charge in [0.25, 0.3) is 0 Å². The quantitative estimate of drug-likeness (QED) is 0.520. The van der Waals surface area contributed by atoms with Crippen molar-refractivity contribution < 1.29 is 14.6 Å². The molecule has 31 heavy (non-hydrogen) atoms. The van der Waals surface area contributed by atoms with E-state index in [0.29, 0.717) is 17.4 Å². The van der Waals surface area contributed by atoms with Crippen molar-refractivity contribution in [2.24, 2.45) is 0 Å². The Morgan fingerprint density at radius 2 is 1.81 bits per heavy atom. The zero-order valence-electron chi connectivity index (χ0n) is 18.1. The lowest BCUT2D eigenvalue weighted by atomic mass is 9.97. The summed E-state index contributed by atoms with van der Waals surface area (Å²) in [5.41, 5.74) is 2.12. The highest BCUT2D eigenvalue weighted by atomic mass is 35.5. The Morgan fingerprint density at radius 3 is 2.52 bits per heavy atom. The molecule has 1 aliphatic rings. The number of aliphatic hydroxyl groups is 1. The first-order valence-electron chi connectivity index (χ1n) is 10.9. The van der Waals surface area contributed by atoms with Gasteiger partial charge in [0, 0.05) is 24.5 Å². The van der Waals surface area contributed by atoms with Crippen LogP contribution >= 0.6 is 11.6 Å². The van der Waals surface area contributed by atoms with E-state index in [4.69, 9.17) is 21.1 Å². The first-order valence-corrected chi connectivity index (χ1v) is 11.3. The number of nitrogens with zero attached hydrogens (tertiary/aromatic N) is 1. The zero-order valence-corrected chi connectivity index (χ0v) is 18.9. The predicted octanol–water partition coefficient (Wildman–Crippen LogP) is 5.60. The number of aliphatic hydroxyl groups excluding tert-OH is 1. The molecule has 1 N–H and O–H groups in total. The second-order valence-electron chi connectivity index (χ2n) is 8.28. The number of ether oxygens (including phenoxy) is 2. The molecule has 4 rings (SSSR count). The van der Waals surface area contributed by atoms with Gasteiger partial charge in [0.1, 0.15) is 5.75 Å². The van der Waals surface area contributed by atoms with Crippen LogP contribution in [-0.4, -0.2) is 42.4 Å². The summed E-state index contributed by atoms with van der Waals surface area (Å²) in [5.74, 6) is 0.660. The highest BCUT2D eigenvalue weighted by molar-refractivity contribution is 6.37. The van der Waals surface area contributed by atoms with Gasteiger partial charge >= 0.3 is 0 Å². The lowest BCUT2D eigenvalue weighted by Crippen LogP contribution is -2.44. The van der Waals surface area contributed by atoms with E-state index < -0.39 is 6.10 Å². The molecular formula is C26H30ClNO3. The van der Waals surface area contributed by atoms with E-state index in [-0.39, 0.29) is 12.1 Å². The minimum Gasteiger partial charge on any atom is -0.495 e. The van der Waals surface area contributed by atoms with Gasteiger partial charge in [-0.3, -0.25) is 4.90 Å². The van der Waals surface area contributed by atoms with Gasteiger partial charge < -0.3 is 14.6 Å². The van der Waals surface area contributed by atoms with Crippen LogP contribution in [-0.2, 0) is 11.3 Å². The number of methoxy groups -OCH3 is 1. The third-order valence-electron chi connectivity index (χ3n) is 6.34. The van der Waals surface area contributed by atoms with Crippen LogP contribution < -0.4 is 4.74 Å². The maximum absolute atomic E-state index is 11.1. The van der Waals surface area contributed by atoms with Crippen molar-refractivity contribution in [1.82, 2.24) is 4.90 Å². The Balaban J connectivity index is 1.35. The Kier molecular flexibility index (Phi) is 7.13. The van der Waals surface area contributed by atoms with E-state index in [1.165, 1.54) is 5.56 Å². The number of hydrogen-bond acceptors (Lipinski definition) is 4. The number of piperidine rings is 1. The molecule has 0 radical (unpaired) electrons. The summed E-state index contributed by atoms with van der Waals surface area (Å²) < 4.78 is 11.4. The topological polar surface area (TPSA) is 41.9 Å².